The van der Waals surface area contributed by atoms with Crippen LogP contribution in [-0.2, 0) is 10.8 Å². The van der Waals surface area contributed by atoms with E-state index in [0.29, 0.717) is 11.2 Å². The summed E-state index contributed by atoms with van der Waals surface area (Å²) in [5.74, 6) is -1.20. The number of nitrogens with zero attached hydrogens (tertiary/aromatic N) is 2. The lowest BCUT2D eigenvalue weighted by atomic mass is 9.67. The molecule has 0 N–H and O–H groups in total. The summed E-state index contributed by atoms with van der Waals surface area (Å²) in [6.07, 6.45) is 3.70. The van der Waals surface area contributed by atoms with Crippen molar-refractivity contribution in [3.8, 4) is 66.8 Å². The summed E-state index contributed by atoms with van der Waals surface area (Å²) in [4.78, 5) is 4.62. The molecule has 1 aromatic heterocycles. The average Bonchev–Trinajstić information content (AvgIpc) is 1.56. The van der Waals surface area contributed by atoms with Crippen LogP contribution in [0.4, 0.5) is 51.7 Å². The Labute approximate surface area is 629 Å². The minimum atomic E-state index is -0.869. The van der Waals surface area contributed by atoms with Crippen LogP contribution in [0, 0.1) is 23.3 Å². The number of halogens is 4. The van der Waals surface area contributed by atoms with Gasteiger partial charge >= 0.3 is 0 Å². The molecule has 0 amide bonds. The first-order valence-corrected chi connectivity index (χ1v) is 36.5. The molecule has 2 unspecified atom stereocenters. The minimum Gasteiger partial charge on any atom is -0.456 e. The summed E-state index contributed by atoms with van der Waals surface area (Å²) < 4.78 is 65.9. The second kappa shape index (κ2) is 26.6. The van der Waals surface area contributed by atoms with Crippen molar-refractivity contribution < 1.29 is 22.0 Å². The van der Waals surface area contributed by atoms with Crippen molar-refractivity contribution >= 4 is 68.2 Å². The van der Waals surface area contributed by atoms with Crippen LogP contribution in [0.3, 0.4) is 0 Å². The summed E-state index contributed by atoms with van der Waals surface area (Å²) >= 11 is 0. The first kappa shape index (κ1) is 65.9. The largest absolute Gasteiger partial charge is 0.456 e. The molecule has 0 saturated heterocycles. The van der Waals surface area contributed by atoms with Gasteiger partial charge in [0, 0.05) is 44.9 Å². The van der Waals surface area contributed by atoms with E-state index >= 15 is 8.78 Å². The smallest absolute Gasteiger partial charge is 0.135 e. The van der Waals surface area contributed by atoms with Gasteiger partial charge in [-0.2, -0.15) is 0 Å². The number of hydrogen-bond donors (Lipinski definition) is 0. The van der Waals surface area contributed by atoms with Crippen LogP contribution in [0.25, 0.3) is 101 Å². The van der Waals surface area contributed by atoms with E-state index in [0.717, 1.165) is 167 Å². The summed E-state index contributed by atoms with van der Waals surface area (Å²) in [6.45, 7) is 8.19. The molecule has 518 valence electrons. The predicted molar refractivity (Wildman–Crippen MR) is 439 cm³/mol. The van der Waals surface area contributed by atoms with Crippen molar-refractivity contribution in [3.05, 3.63) is 456 Å². The molecule has 0 radical (unpaired) electrons. The molecular formula is C102H66F4N2O. The molecule has 0 saturated carbocycles. The van der Waals surface area contributed by atoms with E-state index in [1.54, 1.807) is 24.3 Å². The van der Waals surface area contributed by atoms with Gasteiger partial charge < -0.3 is 14.2 Å². The third-order valence-corrected chi connectivity index (χ3v) is 22.2. The van der Waals surface area contributed by atoms with E-state index in [9.17, 15) is 8.78 Å². The highest BCUT2D eigenvalue weighted by molar-refractivity contribution is 6.08. The highest BCUT2D eigenvalue weighted by Gasteiger charge is 2.48. The van der Waals surface area contributed by atoms with E-state index in [-0.39, 0.29) is 23.3 Å². The SMILES string of the molecule is C=Cc1ccc(C2(c3ccc(F)cc3)c3ccccc3-c3ccc(N(c4ccc(-c5cccc(-c6ccc(F)cc6)c5)cc4)c4ccc5oc6ccc(N(c7ccc(-c8cccc(-c9ccc(F)cc9)c8)cc7)c7ccc8c(c7)C(c7ccc(F)cc7)(c7ccc(C=C)cc7)c7ccccc7-8)cc6c5c4)cc32)cc1. The van der Waals surface area contributed by atoms with Crippen LogP contribution in [0.5, 0.6) is 0 Å². The van der Waals surface area contributed by atoms with Crippen molar-refractivity contribution in [2.24, 2.45) is 0 Å². The Balaban J connectivity index is 0.798. The van der Waals surface area contributed by atoms with Gasteiger partial charge in [-0.1, -0.05) is 244 Å². The maximum atomic E-state index is 15.3. The number of furan rings is 1. The Morgan fingerprint density at radius 2 is 0.523 bits per heavy atom. The fourth-order valence-corrected chi connectivity index (χ4v) is 17.1. The second-order valence-electron chi connectivity index (χ2n) is 28.1. The summed E-state index contributed by atoms with van der Waals surface area (Å²) in [7, 11) is 0. The first-order valence-electron chi connectivity index (χ1n) is 36.5. The molecule has 0 bridgehead atoms. The fraction of sp³-hybridized carbons (Fsp3) is 0.0196. The monoisotopic (exact) mass is 1410 g/mol. The van der Waals surface area contributed by atoms with Crippen molar-refractivity contribution in [3.63, 3.8) is 0 Å². The van der Waals surface area contributed by atoms with Gasteiger partial charge in [0.2, 0.25) is 0 Å². The number of anilines is 6. The van der Waals surface area contributed by atoms with Crippen molar-refractivity contribution in [1.82, 2.24) is 0 Å². The lowest BCUT2D eigenvalue weighted by Gasteiger charge is -2.35. The van der Waals surface area contributed by atoms with Crippen LogP contribution >= 0.6 is 0 Å². The molecule has 2 atom stereocenters. The maximum Gasteiger partial charge on any atom is 0.135 e. The molecule has 1 heterocycles. The van der Waals surface area contributed by atoms with E-state index in [1.165, 1.54) is 24.3 Å². The van der Waals surface area contributed by atoms with E-state index in [4.69, 9.17) is 4.42 Å². The molecule has 0 fully saturated rings. The third kappa shape index (κ3) is 11.1. The van der Waals surface area contributed by atoms with Gasteiger partial charge in [-0.3, -0.25) is 0 Å². The highest BCUT2D eigenvalue weighted by atomic mass is 19.1. The lowest BCUT2D eigenvalue weighted by molar-refractivity contribution is 0.624. The molecule has 0 spiro atoms. The minimum absolute atomic E-state index is 0.284. The normalized spacial score (nSPS) is 14.6. The Morgan fingerprint density at radius 1 is 0.239 bits per heavy atom. The Bertz CT molecular complexity index is 6020. The van der Waals surface area contributed by atoms with Crippen molar-refractivity contribution in [2.45, 2.75) is 10.8 Å². The second-order valence-corrected chi connectivity index (χ2v) is 28.1. The molecule has 16 aromatic carbocycles. The van der Waals surface area contributed by atoms with Crippen LogP contribution in [-0.4, -0.2) is 0 Å². The Hall–Kier alpha value is -13.9. The number of fused-ring (bicyclic) bond motifs is 9. The molecule has 19 rings (SSSR count). The molecule has 2 aliphatic carbocycles. The zero-order valence-corrected chi connectivity index (χ0v) is 59.0. The van der Waals surface area contributed by atoms with Gasteiger partial charge in [0.15, 0.2) is 0 Å². The van der Waals surface area contributed by atoms with Crippen LogP contribution in [0.1, 0.15) is 55.6 Å². The molecule has 0 aliphatic heterocycles. The Kier molecular flexibility index (Phi) is 16.1. The zero-order valence-electron chi connectivity index (χ0n) is 59.0. The number of rotatable bonds is 16. The standard InChI is InChI=1S/C102H66F4N2O/c1-3-65-19-31-75(32-20-65)101(77-35-43-81(105)44-36-77)95-17-7-5-15-89(95)91-55-51-87(63-97(91)101)107(83-47-27-69(28-48-83)73-13-9-11-71(59-73)67-23-39-79(103)40-24-67)85-53-57-99-93(61-85)94-62-86(54-58-100(94)109-99)108(84-49-29-70(30-50-84)74-14-10-12-72(60-74)68-25-41-80(104)42-26-68)88-52-56-92-90-16-6-8-18-96(90)102(98(92)64-88,78-37-45-82(106)46-38-78)76-33-21-66(4-2)22-34-76/h3-64H,1-2H2. The summed E-state index contributed by atoms with van der Waals surface area (Å²) in [5.41, 5.74) is 27.3. The van der Waals surface area contributed by atoms with Crippen molar-refractivity contribution in [2.75, 3.05) is 9.80 Å². The topological polar surface area (TPSA) is 19.6 Å². The van der Waals surface area contributed by atoms with Crippen LogP contribution in [0.2, 0.25) is 0 Å². The number of benzene rings is 16. The molecule has 2 aliphatic rings. The molecule has 3 nitrogen and oxygen atoms in total. The van der Waals surface area contributed by atoms with Gasteiger partial charge in [0.1, 0.15) is 34.4 Å². The van der Waals surface area contributed by atoms with Gasteiger partial charge in [-0.05, 0) is 268 Å². The highest BCUT2D eigenvalue weighted by Crippen LogP contribution is 2.60. The van der Waals surface area contributed by atoms with E-state index in [2.05, 4.69) is 266 Å². The lowest BCUT2D eigenvalue weighted by Crippen LogP contribution is -2.29. The molecular weight excluding hydrogens is 1350 g/mol. The van der Waals surface area contributed by atoms with Crippen LogP contribution in [0.15, 0.2) is 382 Å². The average molecular weight is 1410 g/mol. The third-order valence-electron chi connectivity index (χ3n) is 22.2. The van der Waals surface area contributed by atoms with Gasteiger partial charge in [0.05, 0.1) is 10.8 Å². The predicted octanol–water partition coefficient (Wildman–Crippen LogP) is 27.8. The van der Waals surface area contributed by atoms with Gasteiger partial charge in [-0.25, -0.2) is 17.6 Å². The summed E-state index contributed by atoms with van der Waals surface area (Å²) in [5, 5.41) is 1.79. The number of hydrogen-bond acceptors (Lipinski definition) is 3. The molecule has 109 heavy (non-hydrogen) atoms. The van der Waals surface area contributed by atoms with Gasteiger partial charge in [-0.15, -0.1) is 0 Å². The molecule has 7 heteroatoms. The van der Waals surface area contributed by atoms with Crippen LogP contribution < -0.4 is 9.80 Å². The fourth-order valence-electron chi connectivity index (χ4n) is 17.1. The van der Waals surface area contributed by atoms with Gasteiger partial charge in [0.25, 0.3) is 0 Å². The zero-order chi connectivity index (χ0) is 73.5. The van der Waals surface area contributed by atoms with E-state index in [1.807, 2.05) is 84.9 Å². The first-order chi connectivity index (χ1) is 53.5. The van der Waals surface area contributed by atoms with Crippen molar-refractivity contribution in [1.29, 1.82) is 0 Å². The quantitative estimate of drug-likeness (QED) is 0.0899. The van der Waals surface area contributed by atoms with E-state index < -0.39 is 10.8 Å². The molecule has 17 aromatic rings. The Morgan fingerprint density at radius 3 is 0.872 bits per heavy atom. The maximum absolute atomic E-state index is 15.3. The summed E-state index contributed by atoms with van der Waals surface area (Å²) in [6, 6.07) is 122.